The van der Waals surface area contributed by atoms with Gasteiger partial charge in [0.05, 0.1) is 13.3 Å². The maximum absolute atomic E-state index is 13.0. The molecule has 186 valence electrons. The lowest BCUT2D eigenvalue weighted by Crippen LogP contribution is -2.39. The van der Waals surface area contributed by atoms with Gasteiger partial charge in [-0.3, -0.25) is 9.69 Å². The van der Waals surface area contributed by atoms with Gasteiger partial charge in [0.25, 0.3) is 5.91 Å². The average Bonchev–Trinajstić information content (AvgIpc) is 3.18. The predicted molar refractivity (Wildman–Crippen MR) is 132 cm³/mol. The van der Waals surface area contributed by atoms with Gasteiger partial charge in [-0.05, 0) is 58.6 Å². The van der Waals surface area contributed by atoms with E-state index in [1.54, 1.807) is 40.1 Å². The van der Waals surface area contributed by atoms with E-state index in [2.05, 4.69) is 25.7 Å². The van der Waals surface area contributed by atoms with Crippen molar-refractivity contribution in [1.29, 1.82) is 0 Å². The van der Waals surface area contributed by atoms with Crippen LogP contribution in [0.15, 0.2) is 24.5 Å². The molecule has 2 N–H and O–H groups in total. The molecule has 3 aromatic rings. The molecule has 11 heteroatoms. The summed E-state index contributed by atoms with van der Waals surface area (Å²) in [6.07, 6.45) is 5.60. The van der Waals surface area contributed by atoms with E-state index in [0.29, 0.717) is 34.4 Å². The Morgan fingerprint density at radius 2 is 1.94 bits per heavy atom. The third-order valence-electron chi connectivity index (χ3n) is 5.59. The Kier molecular flexibility index (Phi) is 6.51. The molecule has 2 amide bonds. The fraction of sp³-hybridized carbons (Fsp3) is 0.458. The Labute approximate surface area is 203 Å². The summed E-state index contributed by atoms with van der Waals surface area (Å²) in [5, 5.41) is 10.6. The number of carbonyl (C=O) groups excluding carboxylic acids is 2. The highest BCUT2D eigenvalue weighted by Gasteiger charge is 2.27. The van der Waals surface area contributed by atoms with Crippen LogP contribution in [0.3, 0.4) is 0 Å². The van der Waals surface area contributed by atoms with Crippen LogP contribution < -0.4 is 20.3 Å². The van der Waals surface area contributed by atoms with Gasteiger partial charge in [-0.2, -0.15) is 9.61 Å². The van der Waals surface area contributed by atoms with Gasteiger partial charge in [-0.1, -0.05) is 0 Å². The molecule has 0 radical (unpaired) electrons. The van der Waals surface area contributed by atoms with Crippen molar-refractivity contribution in [3.63, 3.8) is 0 Å². The summed E-state index contributed by atoms with van der Waals surface area (Å²) in [6, 6.07) is 3.68. The summed E-state index contributed by atoms with van der Waals surface area (Å²) in [7, 11) is 3.11. The van der Waals surface area contributed by atoms with Gasteiger partial charge < -0.3 is 20.1 Å². The minimum Gasteiger partial charge on any atom is -0.480 e. The number of nitrogens with one attached hydrogen (secondary N) is 2. The number of amides is 2. The van der Waals surface area contributed by atoms with E-state index < -0.39 is 11.7 Å². The van der Waals surface area contributed by atoms with Crippen molar-refractivity contribution in [2.24, 2.45) is 0 Å². The van der Waals surface area contributed by atoms with Crippen molar-refractivity contribution in [3.8, 4) is 5.88 Å². The standard InChI is InChI=1S/C24H31N7O4/c1-14-10-17(22(34-6)25-12-14)28-18-11-19(30(5)23(33)35-24(2,3)4)31-20(29-18)16(13-26-31)21(32)27-15-8-7-9-15/h10-13,15H,7-9H2,1-6H3,(H,27,32)(H,28,29). The number of aryl methyl sites for hydroxylation is 1. The van der Waals surface area contributed by atoms with Gasteiger partial charge in [0.15, 0.2) is 5.65 Å². The zero-order valence-corrected chi connectivity index (χ0v) is 20.9. The van der Waals surface area contributed by atoms with Crippen LogP contribution in [0.5, 0.6) is 5.88 Å². The Balaban J connectivity index is 1.78. The molecule has 0 atom stereocenters. The van der Waals surface area contributed by atoms with Gasteiger partial charge >= 0.3 is 6.09 Å². The van der Waals surface area contributed by atoms with Crippen LogP contribution in [0.4, 0.5) is 22.1 Å². The largest absolute Gasteiger partial charge is 0.480 e. The van der Waals surface area contributed by atoms with Crippen molar-refractivity contribution in [1.82, 2.24) is 24.9 Å². The molecule has 4 rings (SSSR count). The van der Waals surface area contributed by atoms with Gasteiger partial charge in [-0.25, -0.2) is 14.8 Å². The third-order valence-corrected chi connectivity index (χ3v) is 5.59. The number of methoxy groups -OCH3 is 1. The Hall–Kier alpha value is -3.89. The first-order chi connectivity index (χ1) is 16.6. The van der Waals surface area contributed by atoms with Gasteiger partial charge in [0, 0.05) is 25.4 Å². The van der Waals surface area contributed by atoms with Crippen LogP contribution >= 0.6 is 0 Å². The predicted octanol–water partition coefficient (Wildman–Crippen LogP) is 3.84. The number of hydrogen-bond donors (Lipinski definition) is 2. The number of rotatable bonds is 6. The summed E-state index contributed by atoms with van der Waals surface area (Å²) in [4.78, 5) is 36.1. The molecule has 1 aliphatic carbocycles. The van der Waals surface area contributed by atoms with E-state index in [1.807, 2.05) is 13.0 Å². The van der Waals surface area contributed by atoms with Gasteiger partial charge in [0.2, 0.25) is 5.88 Å². The number of aromatic nitrogens is 4. The minimum atomic E-state index is -0.683. The van der Waals surface area contributed by atoms with Crippen molar-refractivity contribution >= 4 is 35.0 Å². The number of hydrogen-bond acceptors (Lipinski definition) is 8. The Morgan fingerprint density at radius 1 is 1.20 bits per heavy atom. The number of fused-ring (bicyclic) bond motifs is 1. The summed E-state index contributed by atoms with van der Waals surface area (Å²) < 4.78 is 12.4. The summed E-state index contributed by atoms with van der Waals surface area (Å²) in [5.74, 6) is 0.881. The number of carbonyl (C=O) groups is 2. The first-order valence-corrected chi connectivity index (χ1v) is 11.5. The monoisotopic (exact) mass is 481 g/mol. The highest BCUT2D eigenvalue weighted by Crippen LogP contribution is 2.29. The summed E-state index contributed by atoms with van der Waals surface area (Å²) >= 11 is 0. The van der Waals surface area contributed by atoms with E-state index in [-0.39, 0.29) is 11.9 Å². The van der Waals surface area contributed by atoms with Crippen molar-refractivity contribution in [2.75, 3.05) is 24.4 Å². The van der Waals surface area contributed by atoms with Crippen molar-refractivity contribution in [2.45, 2.75) is 58.6 Å². The van der Waals surface area contributed by atoms with Crippen LogP contribution in [-0.2, 0) is 4.74 Å². The molecule has 0 saturated heterocycles. The molecule has 0 aromatic carbocycles. The van der Waals surface area contributed by atoms with Crippen LogP contribution in [0, 0.1) is 6.92 Å². The van der Waals surface area contributed by atoms with Crippen LogP contribution in [-0.4, -0.2) is 57.4 Å². The van der Waals surface area contributed by atoms with Crippen molar-refractivity contribution < 1.29 is 19.1 Å². The Morgan fingerprint density at radius 3 is 2.57 bits per heavy atom. The van der Waals surface area contributed by atoms with E-state index in [0.717, 1.165) is 24.8 Å². The number of nitrogens with zero attached hydrogens (tertiary/aromatic N) is 5. The lowest BCUT2D eigenvalue weighted by molar-refractivity contribution is 0.0587. The molecule has 0 bridgehead atoms. The zero-order valence-electron chi connectivity index (χ0n) is 20.9. The van der Waals surface area contributed by atoms with E-state index in [9.17, 15) is 9.59 Å². The molecule has 0 aliphatic heterocycles. The van der Waals surface area contributed by atoms with Gasteiger partial charge in [-0.15, -0.1) is 0 Å². The first-order valence-electron chi connectivity index (χ1n) is 11.5. The second-order valence-corrected chi connectivity index (χ2v) is 9.63. The topological polar surface area (TPSA) is 123 Å². The molecule has 3 heterocycles. The second-order valence-electron chi connectivity index (χ2n) is 9.63. The fourth-order valence-electron chi connectivity index (χ4n) is 3.60. The molecule has 11 nitrogen and oxygen atoms in total. The van der Waals surface area contributed by atoms with E-state index in [1.165, 1.54) is 22.7 Å². The molecule has 1 saturated carbocycles. The molecule has 0 unspecified atom stereocenters. The lowest BCUT2D eigenvalue weighted by atomic mass is 9.93. The second kappa shape index (κ2) is 9.40. The fourth-order valence-corrected chi connectivity index (χ4v) is 3.60. The smallest absolute Gasteiger partial charge is 0.415 e. The first kappa shape index (κ1) is 24.2. The normalized spacial score (nSPS) is 13.8. The molecule has 0 spiro atoms. The SMILES string of the molecule is COc1ncc(C)cc1Nc1cc(N(C)C(=O)OC(C)(C)C)n2ncc(C(=O)NC3CCC3)c2n1. The van der Waals surface area contributed by atoms with Crippen LogP contribution in [0.1, 0.15) is 56.0 Å². The van der Waals surface area contributed by atoms with Crippen molar-refractivity contribution in [3.05, 3.63) is 35.7 Å². The quantitative estimate of drug-likeness (QED) is 0.544. The number of anilines is 3. The molecule has 35 heavy (non-hydrogen) atoms. The molecule has 1 fully saturated rings. The zero-order chi connectivity index (χ0) is 25.3. The summed E-state index contributed by atoms with van der Waals surface area (Å²) in [6.45, 7) is 7.29. The van der Waals surface area contributed by atoms with Crippen LogP contribution in [0.25, 0.3) is 5.65 Å². The summed E-state index contributed by atoms with van der Waals surface area (Å²) in [5.41, 5.74) is 1.45. The van der Waals surface area contributed by atoms with E-state index >= 15 is 0 Å². The molecule has 3 aromatic heterocycles. The number of pyridine rings is 1. The minimum absolute atomic E-state index is 0.158. The molecular weight excluding hydrogens is 450 g/mol. The Bertz CT molecular complexity index is 1260. The lowest BCUT2D eigenvalue weighted by Gasteiger charge is -2.26. The highest BCUT2D eigenvalue weighted by atomic mass is 16.6. The third kappa shape index (κ3) is 5.28. The molecule has 1 aliphatic rings. The highest BCUT2D eigenvalue weighted by molar-refractivity contribution is 6.00. The van der Waals surface area contributed by atoms with Gasteiger partial charge in [0.1, 0.15) is 28.5 Å². The van der Waals surface area contributed by atoms with E-state index in [4.69, 9.17) is 9.47 Å². The molecular formula is C24H31N7O4. The maximum atomic E-state index is 13.0. The van der Waals surface area contributed by atoms with Crippen LogP contribution in [0.2, 0.25) is 0 Å². The number of ether oxygens (including phenoxy) is 2. The maximum Gasteiger partial charge on any atom is 0.415 e. The average molecular weight is 482 g/mol.